The van der Waals surface area contributed by atoms with Crippen LogP contribution in [0.5, 0.6) is 0 Å². The van der Waals surface area contributed by atoms with Crippen LogP contribution in [-0.4, -0.2) is 13.1 Å². The van der Waals surface area contributed by atoms with Gasteiger partial charge < -0.3 is 5.32 Å². The Hall–Kier alpha value is -0.530. The van der Waals surface area contributed by atoms with Crippen LogP contribution in [0.25, 0.3) is 0 Å². The molecule has 1 aliphatic heterocycles. The summed E-state index contributed by atoms with van der Waals surface area (Å²) in [5.74, 6) is 0. The van der Waals surface area contributed by atoms with Crippen molar-refractivity contribution in [2.75, 3.05) is 13.1 Å². The molecule has 15 heavy (non-hydrogen) atoms. The summed E-state index contributed by atoms with van der Waals surface area (Å²) in [6, 6.07) is 8.23. The van der Waals surface area contributed by atoms with Crippen LogP contribution in [0.3, 0.4) is 0 Å². The number of hydrogen-bond acceptors (Lipinski definition) is 1. The fraction of sp³-hybridized carbons (Fsp3) is 0.538. The first-order valence-electron chi connectivity index (χ1n) is 5.63. The van der Waals surface area contributed by atoms with Crippen LogP contribution in [-0.2, 0) is 6.42 Å². The lowest BCUT2D eigenvalue weighted by atomic mass is 9.78. The Morgan fingerprint density at radius 3 is 3.00 bits per heavy atom. The van der Waals surface area contributed by atoms with Gasteiger partial charge in [0, 0.05) is 11.6 Å². The van der Waals surface area contributed by atoms with E-state index in [1.54, 1.807) is 0 Å². The molecule has 1 nitrogen and oxygen atoms in total. The molecule has 1 unspecified atom stereocenters. The van der Waals surface area contributed by atoms with Crippen molar-refractivity contribution in [1.82, 2.24) is 5.32 Å². The molecule has 0 saturated carbocycles. The molecule has 0 spiro atoms. The Morgan fingerprint density at radius 1 is 1.47 bits per heavy atom. The number of halogens is 1. The Balaban J connectivity index is 2.06. The fourth-order valence-corrected chi connectivity index (χ4v) is 2.62. The highest BCUT2D eigenvalue weighted by Crippen LogP contribution is 2.30. The van der Waals surface area contributed by atoms with Crippen molar-refractivity contribution in [3.8, 4) is 0 Å². The van der Waals surface area contributed by atoms with Gasteiger partial charge in [0.15, 0.2) is 0 Å². The predicted molar refractivity (Wildman–Crippen MR) is 65.4 cm³/mol. The van der Waals surface area contributed by atoms with Crippen molar-refractivity contribution < 1.29 is 0 Å². The first kappa shape index (κ1) is 11.0. The highest BCUT2D eigenvalue weighted by atomic mass is 35.5. The average molecular weight is 224 g/mol. The van der Waals surface area contributed by atoms with E-state index in [0.717, 1.165) is 18.0 Å². The fourth-order valence-electron chi connectivity index (χ4n) is 2.41. The molecule has 0 aromatic heterocycles. The summed E-state index contributed by atoms with van der Waals surface area (Å²) in [7, 11) is 0. The van der Waals surface area contributed by atoms with Crippen LogP contribution in [0, 0.1) is 5.41 Å². The first-order chi connectivity index (χ1) is 7.18. The molecule has 1 N–H and O–H groups in total. The maximum atomic E-state index is 5.99. The normalized spacial score (nSPS) is 26.5. The van der Waals surface area contributed by atoms with E-state index < -0.39 is 0 Å². The van der Waals surface area contributed by atoms with Crippen LogP contribution >= 0.6 is 11.6 Å². The van der Waals surface area contributed by atoms with Crippen LogP contribution in [0.15, 0.2) is 24.3 Å². The lowest BCUT2D eigenvalue weighted by Gasteiger charge is -2.34. The summed E-state index contributed by atoms with van der Waals surface area (Å²) in [5.41, 5.74) is 1.76. The molecule has 1 aromatic carbocycles. The molecule has 82 valence electrons. The van der Waals surface area contributed by atoms with Crippen LogP contribution in [0.1, 0.15) is 25.3 Å². The number of piperidine rings is 1. The highest BCUT2D eigenvalue weighted by Gasteiger charge is 2.26. The van der Waals surface area contributed by atoms with Crippen LogP contribution in [0.2, 0.25) is 5.02 Å². The summed E-state index contributed by atoms with van der Waals surface area (Å²) in [6.45, 7) is 4.66. The third-order valence-electron chi connectivity index (χ3n) is 3.21. The Labute approximate surface area is 96.8 Å². The zero-order chi connectivity index (χ0) is 10.7. The molecule has 2 heteroatoms. The largest absolute Gasteiger partial charge is 0.316 e. The molecule has 0 bridgehead atoms. The van der Waals surface area contributed by atoms with Crippen molar-refractivity contribution in [2.45, 2.75) is 26.2 Å². The van der Waals surface area contributed by atoms with Crippen molar-refractivity contribution in [3.63, 3.8) is 0 Å². The van der Waals surface area contributed by atoms with Crippen molar-refractivity contribution in [3.05, 3.63) is 34.9 Å². The van der Waals surface area contributed by atoms with Gasteiger partial charge in [0.2, 0.25) is 0 Å². The highest BCUT2D eigenvalue weighted by molar-refractivity contribution is 6.30. The molecule has 1 atom stereocenters. The van der Waals surface area contributed by atoms with E-state index in [0.29, 0.717) is 5.41 Å². The maximum Gasteiger partial charge on any atom is 0.0408 e. The maximum absolute atomic E-state index is 5.99. The summed E-state index contributed by atoms with van der Waals surface area (Å²) in [5, 5.41) is 4.32. The van der Waals surface area contributed by atoms with Gasteiger partial charge in [0.1, 0.15) is 0 Å². The van der Waals surface area contributed by atoms with E-state index >= 15 is 0 Å². The molecule has 1 fully saturated rings. The Kier molecular flexibility index (Phi) is 3.32. The minimum absolute atomic E-state index is 0.406. The third-order valence-corrected chi connectivity index (χ3v) is 3.44. The van der Waals surface area contributed by atoms with E-state index in [1.807, 2.05) is 12.1 Å². The van der Waals surface area contributed by atoms with Gasteiger partial charge in [0.05, 0.1) is 0 Å². The molecule has 1 heterocycles. The summed E-state index contributed by atoms with van der Waals surface area (Å²) >= 11 is 5.99. The van der Waals surface area contributed by atoms with Crippen LogP contribution < -0.4 is 5.32 Å². The van der Waals surface area contributed by atoms with E-state index in [-0.39, 0.29) is 0 Å². The molecular weight excluding hydrogens is 206 g/mol. The second-order valence-electron chi connectivity index (χ2n) is 4.90. The van der Waals surface area contributed by atoms with Gasteiger partial charge in [-0.3, -0.25) is 0 Å². The molecule has 0 aliphatic carbocycles. The minimum atomic E-state index is 0.406. The zero-order valence-corrected chi connectivity index (χ0v) is 9.98. The smallest absolute Gasteiger partial charge is 0.0408 e. The topological polar surface area (TPSA) is 12.0 Å². The van der Waals surface area contributed by atoms with Gasteiger partial charge >= 0.3 is 0 Å². The standard InChI is InChI=1S/C13H18ClN/c1-13(6-3-7-15-10-13)9-11-4-2-5-12(14)8-11/h2,4-5,8,15H,3,6-7,9-10H2,1H3. The van der Waals surface area contributed by atoms with E-state index in [9.17, 15) is 0 Å². The molecule has 1 aromatic rings. The second kappa shape index (κ2) is 4.54. The van der Waals surface area contributed by atoms with E-state index in [2.05, 4.69) is 24.4 Å². The molecule has 1 saturated heterocycles. The van der Waals surface area contributed by atoms with Crippen molar-refractivity contribution >= 4 is 11.6 Å². The number of rotatable bonds is 2. The molecular formula is C13H18ClN. The van der Waals surface area contributed by atoms with Gasteiger partial charge in [-0.05, 0) is 48.9 Å². The van der Waals surface area contributed by atoms with Gasteiger partial charge in [0.25, 0.3) is 0 Å². The zero-order valence-electron chi connectivity index (χ0n) is 9.22. The van der Waals surface area contributed by atoms with Gasteiger partial charge in [-0.1, -0.05) is 30.7 Å². The molecule has 2 rings (SSSR count). The SMILES string of the molecule is CC1(Cc2cccc(Cl)c2)CCCNC1. The Bertz CT molecular complexity index is 329. The van der Waals surface area contributed by atoms with Crippen LogP contribution in [0.4, 0.5) is 0 Å². The van der Waals surface area contributed by atoms with Crippen molar-refractivity contribution in [2.24, 2.45) is 5.41 Å². The van der Waals surface area contributed by atoms with E-state index in [4.69, 9.17) is 11.6 Å². The monoisotopic (exact) mass is 223 g/mol. The first-order valence-corrected chi connectivity index (χ1v) is 6.01. The molecule has 1 aliphatic rings. The summed E-state index contributed by atoms with van der Waals surface area (Å²) < 4.78 is 0. The summed E-state index contributed by atoms with van der Waals surface area (Å²) in [6.07, 6.45) is 3.73. The molecule has 0 radical (unpaired) electrons. The second-order valence-corrected chi connectivity index (χ2v) is 5.33. The lowest BCUT2D eigenvalue weighted by molar-refractivity contribution is 0.235. The minimum Gasteiger partial charge on any atom is -0.316 e. The molecule has 0 amide bonds. The van der Waals surface area contributed by atoms with Gasteiger partial charge in [-0.2, -0.15) is 0 Å². The summed E-state index contributed by atoms with van der Waals surface area (Å²) in [4.78, 5) is 0. The third kappa shape index (κ3) is 2.96. The number of nitrogens with one attached hydrogen (secondary N) is 1. The predicted octanol–water partition coefficient (Wildman–Crippen LogP) is 3.27. The number of hydrogen-bond donors (Lipinski definition) is 1. The lowest BCUT2D eigenvalue weighted by Crippen LogP contribution is -2.39. The number of benzene rings is 1. The van der Waals surface area contributed by atoms with Gasteiger partial charge in [-0.15, -0.1) is 0 Å². The van der Waals surface area contributed by atoms with Gasteiger partial charge in [-0.25, -0.2) is 0 Å². The Morgan fingerprint density at radius 2 is 2.33 bits per heavy atom. The van der Waals surface area contributed by atoms with Crippen molar-refractivity contribution in [1.29, 1.82) is 0 Å². The quantitative estimate of drug-likeness (QED) is 0.812. The average Bonchev–Trinajstić information content (AvgIpc) is 2.18. The van der Waals surface area contributed by atoms with E-state index in [1.165, 1.54) is 24.9 Å².